The second-order valence-corrected chi connectivity index (χ2v) is 5.19. The number of aliphatic imine (C=N–C) groups is 1. The van der Waals surface area contributed by atoms with Crippen molar-refractivity contribution >= 4 is 28.7 Å². The molecule has 2 aliphatic rings. The number of carbonyl (C=O) groups excluding carboxylic acids is 1. The lowest BCUT2D eigenvalue weighted by molar-refractivity contribution is -0.185. The average molecular weight is 303 g/mol. The molecule has 1 aromatic rings. The van der Waals surface area contributed by atoms with Gasteiger partial charge in [0.2, 0.25) is 0 Å². The molecule has 0 spiro atoms. The van der Waals surface area contributed by atoms with E-state index in [0.29, 0.717) is 5.75 Å². The third-order valence-corrected chi connectivity index (χ3v) is 3.83. The Balaban J connectivity index is 2.03. The second-order valence-electron chi connectivity index (χ2n) is 4.12. The summed E-state index contributed by atoms with van der Waals surface area (Å²) >= 11 is 1.12. The van der Waals surface area contributed by atoms with Gasteiger partial charge in [0, 0.05) is 24.7 Å². The van der Waals surface area contributed by atoms with Crippen molar-refractivity contribution in [2.24, 2.45) is 4.99 Å². The summed E-state index contributed by atoms with van der Waals surface area (Å²) in [6.45, 7) is 0.225. The lowest BCUT2D eigenvalue weighted by Gasteiger charge is -2.28. The monoisotopic (exact) mass is 303 g/mol. The van der Waals surface area contributed by atoms with Crippen molar-refractivity contribution in [3.05, 3.63) is 18.6 Å². The second kappa shape index (κ2) is 4.33. The van der Waals surface area contributed by atoms with E-state index in [0.717, 1.165) is 22.9 Å². The van der Waals surface area contributed by atoms with Crippen molar-refractivity contribution < 1.29 is 18.0 Å². The van der Waals surface area contributed by atoms with Gasteiger partial charge in [0.1, 0.15) is 5.82 Å². The zero-order valence-corrected chi connectivity index (χ0v) is 10.7. The number of nitrogens with one attached hydrogen (secondary N) is 1. The first-order valence-electron chi connectivity index (χ1n) is 5.59. The smallest absolute Gasteiger partial charge is 0.329 e. The Labute approximate surface area is 115 Å². The topological polar surface area (TPSA) is 70.5 Å². The van der Waals surface area contributed by atoms with Gasteiger partial charge >= 0.3 is 11.8 Å². The molecule has 1 aromatic heterocycles. The summed E-state index contributed by atoms with van der Waals surface area (Å²) in [4.78, 5) is 24.1. The zero-order chi connectivity index (χ0) is 14.4. The maximum atomic E-state index is 13.4. The number of anilines is 1. The third-order valence-electron chi connectivity index (χ3n) is 2.88. The SMILES string of the molecule is O=C1N2CCSC2=NC1(Nc1cnccn1)C(F)(F)F. The van der Waals surface area contributed by atoms with Crippen LogP contribution >= 0.6 is 11.8 Å². The largest absolute Gasteiger partial charge is 0.442 e. The molecule has 1 unspecified atom stereocenters. The predicted octanol–water partition coefficient (Wildman–Crippen LogP) is 1.09. The summed E-state index contributed by atoms with van der Waals surface area (Å²) in [6.07, 6.45) is -1.21. The molecule has 6 nitrogen and oxygen atoms in total. The Hall–Kier alpha value is -1.84. The Morgan fingerprint density at radius 2 is 2.20 bits per heavy atom. The minimum absolute atomic E-state index is 0.0868. The highest BCUT2D eigenvalue weighted by molar-refractivity contribution is 8.14. The highest BCUT2D eigenvalue weighted by Crippen LogP contribution is 2.42. The van der Waals surface area contributed by atoms with Crippen LogP contribution in [0.4, 0.5) is 19.0 Å². The van der Waals surface area contributed by atoms with E-state index in [1.165, 1.54) is 12.4 Å². The molecule has 3 rings (SSSR count). The first kappa shape index (κ1) is 13.2. The number of amidine groups is 1. The number of rotatable bonds is 2. The fourth-order valence-corrected chi connectivity index (χ4v) is 2.94. The van der Waals surface area contributed by atoms with Gasteiger partial charge in [-0.1, -0.05) is 11.8 Å². The molecule has 1 N–H and O–H groups in total. The van der Waals surface area contributed by atoms with Crippen LogP contribution < -0.4 is 5.32 Å². The first-order valence-corrected chi connectivity index (χ1v) is 6.58. The van der Waals surface area contributed by atoms with Gasteiger partial charge in [-0.25, -0.2) is 9.98 Å². The van der Waals surface area contributed by atoms with E-state index in [1.807, 2.05) is 0 Å². The average Bonchev–Trinajstić information content (AvgIpc) is 2.93. The zero-order valence-electron chi connectivity index (χ0n) is 9.89. The van der Waals surface area contributed by atoms with Crippen molar-refractivity contribution in [2.45, 2.75) is 11.8 Å². The van der Waals surface area contributed by atoms with Gasteiger partial charge in [-0.2, -0.15) is 13.2 Å². The summed E-state index contributed by atoms with van der Waals surface area (Å²) in [7, 11) is 0. The van der Waals surface area contributed by atoms with Gasteiger partial charge in [-0.05, 0) is 0 Å². The highest BCUT2D eigenvalue weighted by Gasteiger charge is 2.67. The van der Waals surface area contributed by atoms with E-state index in [4.69, 9.17) is 0 Å². The molecule has 0 bridgehead atoms. The van der Waals surface area contributed by atoms with Crippen LogP contribution in [0.25, 0.3) is 0 Å². The number of thioether (sulfide) groups is 1. The van der Waals surface area contributed by atoms with Crippen LogP contribution in [0.3, 0.4) is 0 Å². The molecule has 1 amide bonds. The number of halogens is 3. The minimum atomic E-state index is -4.88. The summed E-state index contributed by atoms with van der Waals surface area (Å²) in [6, 6.07) is 0. The van der Waals surface area contributed by atoms with E-state index in [2.05, 4.69) is 20.3 Å². The number of carbonyl (C=O) groups is 1. The Bertz CT molecular complexity index is 578. The molecule has 0 aliphatic carbocycles. The van der Waals surface area contributed by atoms with Crippen LogP contribution in [0.1, 0.15) is 0 Å². The van der Waals surface area contributed by atoms with E-state index in [9.17, 15) is 18.0 Å². The quantitative estimate of drug-likeness (QED) is 0.885. The molecule has 0 saturated carbocycles. The fraction of sp³-hybridized carbons (Fsp3) is 0.400. The Kier molecular flexibility index (Phi) is 2.85. The molecule has 10 heteroatoms. The standard InChI is InChI=1S/C10H8F3N5OS/c11-10(12,13)9(16-6-5-14-1-2-15-6)7(19)18-3-4-20-8(18)17-9/h1-2,5H,3-4H2,(H,15,16). The number of hydrogen-bond acceptors (Lipinski definition) is 6. The molecule has 1 atom stereocenters. The van der Waals surface area contributed by atoms with Crippen LogP contribution in [-0.2, 0) is 4.79 Å². The lowest BCUT2D eigenvalue weighted by Crippen LogP contribution is -2.57. The van der Waals surface area contributed by atoms with Crippen LogP contribution in [0.5, 0.6) is 0 Å². The molecule has 0 radical (unpaired) electrons. The molecule has 2 aliphatic heterocycles. The van der Waals surface area contributed by atoms with Gasteiger partial charge in [0.25, 0.3) is 5.91 Å². The summed E-state index contributed by atoms with van der Waals surface area (Å²) in [5, 5.41) is 2.17. The van der Waals surface area contributed by atoms with E-state index < -0.39 is 17.7 Å². The molecule has 106 valence electrons. The van der Waals surface area contributed by atoms with Crippen LogP contribution in [0, 0.1) is 0 Å². The Morgan fingerprint density at radius 3 is 2.80 bits per heavy atom. The number of fused-ring (bicyclic) bond motifs is 1. The minimum Gasteiger partial charge on any atom is -0.329 e. The highest BCUT2D eigenvalue weighted by atomic mass is 32.2. The number of hydrogen-bond donors (Lipinski definition) is 1. The van der Waals surface area contributed by atoms with Gasteiger partial charge in [0.15, 0.2) is 5.17 Å². The van der Waals surface area contributed by atoms with Gasteiger partial charge < -0.3 is 5.32 Å². The van der Waals surface area contributed by atoms with Crippen LogP contribution in [-0.4, -0.2) is 50.1 Å². The molecule has 3 heterocycles. The predicted molar refractivity (Wildman–Crippen MR) is 66.0 cm³/mol. The van der Waals surface area contributed by atoms with Crippen LogP contribution in [0.15, 0.2) is 23.6 Å². The van der Waals surface area contributed by atoms with Crippen molar-refractivity contribution in [1.29, 1.82) is 0 Å². The first-order chi connectivity index (χ1) is 9.44. The molecule has 0 aromatic carbocycles. The van der Waals surface area contributed by atoms with Crippen molar-refractivity contribution in [2.75, 3.05) is 17.6 Å². The normalized spacial score (nSPS) is 25.6. The molecule has 20 heavy (non-hydrogen) atoms. The molecular formula is C10H8F3N5OS. The van der Waals surface area contributed by atoms with E-state index >= 15 is 0 Å². The van der Waals surface area contributed by atoms with Crippen molar-refractivity contribution in [3.63, 3.8) is 0 Å². The maximum Gasteiger partial charge on any atom is 0.442 e. The Morgan fingerprint density at radius 1 is 1.40 bits per heavy atom. The van der Waals surface area contributed by atoms with Gasteiger partial charge in [0.05, 0.1) is 6.20 Å². The number of nitrogens with zero attached hydrogens (tertiary/aromatic N) is 4. The van der Waals surface area contributed by atoms with Gasteiger partial charge in [-0.3, -0.25) is 14.7 Å². The summed E-state index contributed by atoms with van der Waals surface area (Å²) in [5.41, 5.74) is -3.01. The molecule has 1 fully saturated rings. The van der Waals surface area contributed by atoms with Crippen molar-refractivity contribution in [1.82, 2.24) is 14.9 Å². The van der Waals surface area contributed by atoms with Crippen LogP contribution in [0.2, 0.25) is 0 Å². The maximum absolute atomic E-state index is 13.4. The number of amides is 1. The van der Waals surface area contributed by atoms with E-state index in [-0.39, 0.29) is 17.5 Å². The fourth-order valence-electron chi connectivity index (χ4n) is 1.96. The molecule has 1 saturated heterocycles. The lowest BCUT2D eigenvalue weighted by atomic mass is 10.1. The summed E-state index contributed by atoms with van der Waals surface area (Å²) in [5.74, 6) is -0.742. The summed E-state index contributed by atoms with van der Waals surface area (Å²) < 4.78 is 40.2. The third kappa shape index (κ3) is 1.82. The van der Waals surface area contributed by atoms with E-state index in [1.54, 1.807) is 0 Å². The molecular weight excluding hydrogens is 295 g/mol. The number of alkyl halides is 3. The van der Waals surface area contributed by atoms with Crippen molar-refractivity contribution in [3.8, 4) is 0 Å². The van der Waals surface area contributed by atoms with Gasteiger partial charge in [-0.15, -0.1) is 0 Å². The number of aromatic nitrogens is 2.